The Kier molecular flexibility index (Phi) is 5.61. The molecule has 0 unspecified atom stereocenters. The summed E-state index contributed by atoms with van der Waals surface area (Å²) in [5.74, 6) is 0.761. The first-order chi connectivity index (χ1) is 11.2. The lowest BCUT2D eigenvalue weighted by molar-refractivity contribution is 0.00466. The molecule has 1 aromatic heterocycles. The van der Waals surface area contributed by atoms with E-state index in [1.54, 1.807) is 11.3 Å². The van der Waals surface area contributed by atoms with Crippen LogP contribution in [-0.4, -0.2) is 60.5 Å². The van der Waals surface area contributed by atoms with Crippen molar-refractivity contribution in [2.75, 3.05) is 39.5 Å². The molecule has 1 fully saturated rings. The average Bonchev–Trinajstić information content (AvgIpc) is 3.01. The van der Waals surface area contributed by atoms with Gasteiger partial charge < -0.3 is 14.6 Å². The average molecular weight is 334 g/mol. The lowest BCUT2D eigenvalue weighted by atomic mass is 10.2. The van der Waals surface area contributed by atoms with E-state index < -0.39 is 6.10 Å². The number of β-amino-alcohol motifs (C(OH)–C–C–N with tert-alkyl or cyclic N) is 1. The quantitative estimate of drug-likeness (QED) is 0.878. The molecule has 1 aliphatic rings. The SMILES string of the molecule is Cc1csc(-c2cccc(OC[C@@H](O)CN3CCOCC3)c2)n1. The molecular weight excluding hydrogens is 312 g/mol. The highest BCUT2D eigenvalue weighted by atomic mass is 32.1. The van der Waals surface area contributed by atoms with Gasteiger partial charge in [0, 0.05) is 36.3 Å². The monoisotopic (exact) mass is 334 g/mol. The third-order valence-electron chi connectivity index (χ3n) is 3.72. The van der Waals surface area contributed by atoms with Gasteiger partial charge >= 0.3 is 0 Å². The fraction of sp³-hybridized carbons (Fsp3) is 0.471. The molecule has 1 N–H and O–H groups in total. The normalized spacial score (nSPS) is 17.1. The van der Waals surface area contributed by atoms with Crippen LogP contribution in [0.4, 0.5) is 0 Å². The number of benzene rings is 1. The van der Waals surface area contributed by atoms with Crippen LogP contribution in [0.15, 0.2) is 29.6 Å². The largest absolute Gasteiger partial charge is 0.491 e. The van der Waals surface area contributed by atoms with E-state index in [1.807, 2.05) is 36.6 Å². The number of thiazole rings is 1. The van der Waals surface area contributed by atoms with Crippen LogP contribution in [0, 0.1) is 6.92 Å². The molecule has 2 heterocycles. The zero-order valence-electron chi connectivity index (χ0n) is 13.3. The molecule has 3 rings (SSSR count). The maximum Gasteiger partial charge on any atom is 0.123 e. The number of hydrogen-bond acceptors (Lipinski definition) is 6. The lowest BCUT2D eigenvalue weighted by Gasteiger charge is -2.28. The Labute approximate surface area is 140 Å². The second-order valence-electron chi connectivity index (χ2n) is 5.70. The number of rotatable bonds is 6. The van der Waals surface area contributed by atoms with Crippen LogP contribution < -0.4 is 4.74 Å². The van der Waals surface area contributed by atoms with E-state index in [0.29, 0.717) is 6.54 Å². The van der Waals surface area contributed by atoms with Crippen LogP contribution in [-0.2, 0) is 4.74 Å². The molecule has 1 saturated heterocycles. The van der Waals surface area contributed by atoms with Gasteiger partial charge in [0.25, 0.3) is 0 Å². The summed E-state index contributed by atoms with van der Waals surface area (Å²) in [4.78, 5) is 6.69. The highest BCUT2D eigenvalue weighted by Crippen LogP contribution is 2.26. The van der Waals surface area contributed by atoms with E-state index in [0.717, 1.165) is 48.3 Å². The van der Waals surface area contributed by atoms with Crippen molar-refractivity contribution < 1.29 is 14.6 Å². The molecule has 1 atom stereocenters. The number of aromatic nitrogens is 1. The van der Waals surface area contributed by atoms with Gasteiger partial charge in [-0.25, -0.2) is 4.98 Å². The Morgan fingerprint density at radius 2 is 2.22 bits per heavy atom. The van der Waals surface area contributed by atoms with Gasteiger partial charge in [0.1, 0.15) is 23.5 Å². The second-order valence-corrected chi connectivity index (χ2v) is 6.56. The standard InChI is InChI=1S/C17H22N2O3S/c1-13-12-23-17(18-13)14-3-2-4-16(9-14)22-11-15(20)10-19-5-7-21-8-6-19/h2-4,9,12,15,20H,5-8,10-11H2,1H3/t15-/m0/s1. The van der Waals surface area contributed by atoms with Gasteiger partial charge in [-0.05, 0) is 19.1 Å². The van der Waals surface area contributed by atoms with Crippen LogP contribution >= 0.6 is 11.3 Å². The number of morpholine rings is 1. The Morgan fingerprint density at radius 1 is 1.39 bits per heavy atom. The number of aliphatic hydroxyl groups excluding tert-OH is 1. The Bertz CT molecular complexity index is 626. The van der Waals surface area contributed by atoms with Gasteiger partial charge in [0.15, 0.2) is 0 Å². The van der Waals surface area contributed by atoms with Crippen molar-refractivity contribution in [3.63, 3.8) is 0 Å². The molecule has 0 bridgehead atoms. The van der Waals surface area contributed by atoms with Crippen molar-refractivity contribution in [2.45, 2.75) is 13.0 Å². The molecule has 23 heavy (non-hydrogen) atoms. The zero-order chi connectivity index (χ0) is 16.1. The summed E-state index contributed by atoms with van der Waals surface area (Å²) in [5, 5.41) is 13.2. The van der Waals surface area contributed by atoms with E-state index in [1.165, 1.54) is 0 Å². The van der Waals surface area contributed by atoms with Gasteiger partial charge in [-0.1, -0.05) is 12.1 Å². The van der Waals surface area contributed by atoms with Crippen molar-refractivity contribution in [1.29, 1.82) is 0 Å². The fourth-order valence-electron chi connectivity index (χ4n) is 2.53. The van der Waals surface area contributed by atoms with Gasteiger partial charge in [0.05, 0.1) is 13.2 Å². The van der Waals surface area contributed by atoms with Crippen LogP contribution in [0.1, 0.15) is 5.69 Å². The molecular formula is C17H22N2O3S. The minimum Gasteiger partial charge on any atom is -0.491 e. The molecule has 0 aliphatic carbocycles. The van der Waals surface area contributed by atoms with E-state index in [2.05, 4.69) is 9.88 Å². The maximum atomic E-state index is 10.1. The highest BCUT2D eigenvalue weighted by molar-refractivity contribution is 7.13. The Balaban J connectivity index is 1.53. The molecule has 6 heteroatoms. The molecule has 124 valence electrons. The predicted molar refractivity (Wildman–Crippen MR) is 91.0 cm³/mol. The minimum absolute atomic E-state index is 0.289. The zero-order valence-corrected chi connectivity index (χ0v) is 14.1. The van der Waals surface area contributed by atoms with Crippen LogP contribution in [0.5, 0.6) is 5.75 Å². The van der Waals surface area contributed by atoms with Crippen LogP contribution in [0.25, 0.3) is 10.6 Å². The first-order valence-corrected chi connectivity index (χ1v) is 8.72. The van der Waals surface area contributed by atoms with Crippen molar-refractivity contribution in [3.8, 4) is 16.3 Å². The van der Waals surface area contributed by atoms with Crippen molar-refractivity contribution in [2.24, 2.45) is 0 Å². The predicted octanol–water partition coefficient (Wildman–Crippen LogP) is 2.19. The molecule has 5 nitrogen and oxygen atoms in total. The van der Waals surface area contributed by atoms with Gasteiger partial charge in [-0.15, -0.1) is 11.3 Å². The number of aliphatic hydroxyl groups is 1. The number of ether oxygens (including phenoxy) is 2. The van der Waals surface area contributed by atoms with Gasteiger partial charge in [0.2, 0.25) is 0 Å². The highest BCUT2D eigenvalue weighted by Gasteiger charge is 2.15. The smallest absolute Gasteiger partial charge is 0.123 e. The summed E-state index contributed by atoms with van der Waals surface area (Å²) in [6, 6.07) is 7.86. The number of aryl methyl sites for hydroxylation is 1. The Hall–Kier alpha value is -1.47. The minimum atomic E-state index is -0.501. The third kappa shape index (κ3) is 4.75. The van der Waals surface area contributed by atoms with E-state index in [-0.39, 0.29) is 6.61 Å². The first kappa shape index (κ1) is 16.4. The molecule has 0 spiro atoms. The second kappa shape index (κ2) is 7.88. The summed E-state index contributed by atoms with van der Waals surface area (Å²) in [6.07, 6.45) is -0.501. The summed E-state index contributed by atoms with van der Waals surface area (Å²) < 4.78 is 11.1. The topological polar surface area (TPSA) is 54.8 Å². The van der Waals surface area contributed by atoms with Crippen LogP contribution in [0.2, 0.25) is 0 Å². The molecule has 2 aromatic rings. The maximum absolute atomic E-state index is 10.1. The molecule has 0 radical (unpaired) electrons. The molecule has 1 aromatic carbocycles. The fourth-order valence-corrected chi connectivity index (χ4v) is 3.33. The summed E-state index contributed by atoms with van der Waals surface area (Å²) in [7, 11) is 0. The molecule has 1 aliphatic heterocycles. The van der Waals surface area contributed by atoms with E-state index in [9.17, 15) is 5.11 Å². The third-order valence-corrected chi connectivity index (χ3v) is 4.72. The summed E-state index contributed by atoms with van der Waals surface area (Å²) in [6.45, 7) is 6.12. The van der Waals surface area contributed by atoms with Crippen molar-refractivity contribution in [3.05, 3.63) is 35.3 Å². The number of hydrogen-bond donors (Lipinski definition) is 1. The number of nitrogens with zero attached hydrogens (tertiary/aromatic N) is 2. The first-order valence-electron chi connectivity index (χ1n) is 7.84. The van der Waals surface area contributed by atoms with Gasteiger partial charge in [-0.2, -0.15) is 0 Å². The van der Waals surface area contributed by atoms with Crippen molar-refractivity contribution in [1.82, 2.24) is 9.88 Å². The van der Waals surface area contributed by atoms with E-state index in [4.69, 9.17) is 9.47 Å². The Morgan fingerprint density at radius 3 is 2.96 bits per heavy atom. The van der Waals surface area contributed by atoms with Crippen LogP contribution in [0.3, 0.4) is 0 Å². The summed E-state index contributed by atoms with van der Waals surface area (Å²) >= 11 is 1.62. The molecule has 0 saturated carbocycles. The van der Waals surface area contributed by atoms with E-state index >= 15 is 0 Å². The van der Waals surface area contributed by atoms with Gasteiger partial charge in [-0.3, -0.25) is 4.90 Å². The lowest BCUT2D eigenvalue weighted by Crippen LogP contribution is -2.42. The molecule has 0 amide bonds. The summed E-state index contributed by atoms with van der Waals surface area (Å²) in [5.41, 5.74) is 2.07. The van der Waals surface area contributed by atoms with Crippen molar-refractivity contribution >= 4 is 11.3 Å².